The van der Waals surface area contributed by atoms with Gasteiger partial charge in [0.25, 0.3) is 5.91 Å². The van der Waals surface area contributed by atoms with Gasteiger partial charge in [-0.05, 0) is 56.9 Å². The van der Waals surface area contributed by atoms with Gasteiger partial charge >= 0.3 is 5.97 Å². The molecule has 138 valence electrons. The second-order valence-corrected chi connectivity index (χ2v) is 7.50. The predicted molar refractivity (Wildman–Crippen MR) is 98.2 cm³/mol. The first-order valence-electron chi connectivity index (χ1n) is 8.61. The summed E-state index contributed by atoms with van der Waals surface area (Å²) in [7, 11) is 0. The van der Waals surface area contributed by atoms with Gasteiger partial charge in [0.1, 0.15) is 12.4 Å². The molecule has 1 aromatic carbocycles. The van der Waals surface area contributed by atoms with E-state index in [2.05, 4.69) is 10.3 Å². The molecule has 1 aromatic heterocycles. The average molecular weight is 374 g/mol. The van der Waals surface area contributed by atoms with Crippen molar-refractivity contribution < 1.29 is 19.1 Å². The molecule has 1 atom stereocenters. The first kappa shape index (κ1) is 18.4. The van der Waals surface area contributed by atoms with E-state index in [1.165, 1.54) is 0 Å². The highest BCUT2D eigenvalue weighted by atomic mass is 32.1. The highest BCUT2D eigenvalue weighted by Crippen LogP contribution is 2.32. The fraction of sp³-hybridized carbons (Fsp3) is 0.421. The number of ether oxygens (including phenoxy) is 2. The molecule has 0 saturated heterocycles. The molecule has 1 aliphatic carbocycles. The monoisotopic (exact) mass is 374 g/mol. The van der Waals surface area contributed by atoms with E-state index < -0.39 is 5.97 Å². The summed E-state index contributed by atoms with van der Waals surface area (Å²) in [5.41, 5.74) is 1.26. The van der Waals surface area contributed by atoms with Crippen LogP contribution < -0.4 is 10.1 Å². The number of aromatic nitrogens is 1. The van der Waals surface area contributed by atoms with Crippen molar-refractivity contribution in [1.82, 2.24) is 10.3 Å². The molecule has 1 aliphatic rings. The van der Waals surface area contributed by atoms with E-state index in [1.807, 2.05) is 19.2 Å². The second kappa shape index (κ2) is 8.31. The van der Waals surface area contributed by atoms with Gasteiger partial charge in [0, 0.05) is 11.4 Å². The molecular formula is C19H22N2O4S. The van der Waals surface area contributed by atoms with Crippen LogP contribution in [0.3, 0.4) is 0 Å². The molecule has 1 N–H and O–H groups in total. The maximum absolute atomic E-state index is 12.0. The Morgan fingerprint density at radius 2 is 2.04 bits per heavy atom. The highest BCUT2D eigenvalue weighted by molar-refractivity contribution is 7.09. The summed E-state index contributed by atoms with van der Waals surface area (Å²) in [6.07, 6.45) is 2.30. The normalized spacial score (nSPS) is 14.5. The fourth-order valence-electron chi connectivity index (χ4n) is 2.54. The molecule has 1 amide bonds. The largest absolute Gasteiger partial charge is 0.487 e. The maximum atomic E-state index is 12.0. The molecule has 6 nitrogen and oxygen atoms in total. The van der Waals surface area contributed by atoms with Crippen molar-refractivity contribution in [2.24, 2.45) is 5.92 Å². The van der Waals surface area contributed by atoms with Crippen molar-refractivity contribution in [3.05, 3.63) is 45.9 Å². The average Bonchev–Trinajstić information content (AvgIpc) is 3.41. The molecule has 2 aromatic rings. The minimum Gasteiger partial charge on any atom is -0.487 e. The SMILES string of the molecule is Cc1nc(COc2ccc(C(=O)OCC(=O)NC(C)C3CC3)cc2)cs1. The Morgan fingerprint density at radius 1 is 1.31 bits per heavy atom. The van der Waals surface area contributed by atoms with Crippen LogP contribution in [0.1, 0.15) is 40.8 Å². The third-order valence-electron chi connectivity index (χ3n) is 4.20. The molecule has 1 fully saturated rings. The van der Waals surface area contributed by atoms with Crippen LogP contribution >= 0.6 is 11.3 Å². The third kappa shape index (κ3) is 5.29. The summed E-state index contributed by atoms with van der Waals surface area (Å²) >= 11 is 1.58. The number of aryl methyl sites for hydroxylation is 1. The van der Waals surface area contributed by atoms with Gasteiger partial charge in [0.05, 0.1) is 16.3 Å². The van der Waals surface area contributed by atoms with Crippen molar-refractivity contribution in [2.75, 3.05) is 6.61 Å². The molecule has 7 heteroatoms. The number of rotatable bonds is 8. The molecule has 26 heavy (non-hydrogen) atoms. The lowest BCUT2D eigenvalue weighted by Gasteiger charge is -2.12. The van der Waals surface area contributed by atoms with Gasteiger partial charge in [-0.3, -0.25) is 4.79 Å². The van der Waals surface area contributed by atoms with Crippen LogP contribution in [-0.4, -0.2) is 29.5 Å². The summed E-state index contributed by atoms with van der Waals surface area (Å²) in [5.74, 6) is 0.413. The van der Waals surface area contributed by atoms with Crippen LogP contribution in [0.5, 0.6) is 5.75 Å². The van der Waals surface area contributed by atoms with Crippen LogP contribution in [0.4, 0.5) is 0 Å². The van der Waals surface area contributed by atoms with Crippen LogP contribution in [0.25, 0.3) is 0 Å². The minimum atomic E-state index is -0.527. The molecule has 1 saturated carbocycles. The Kier molecular flexibility index (Phi) is 5.88. The summed E-state index contributed by atoms with van der Waals surface area (Å²) in [6.45, 7) is 4.04. The number of hydrogen-bond acceptors (Lipinski definition) is 6. The third-order valence-corrected chi connectivity index (χ3v) is 5.02. The van der Waals surface area contributed by atoms with E-state index >= 15 is 0 Å². The molecule has 0 radical (unpaired) electrons. The van der Waals surface area contributed by atoms with Crippen LogP contribution in [0.15, 0.2) is 29.6 Å². The van der Waals surface area contributed by atoms with Crippen molar-refractivity contribution in [2.45, 2.75) is 39.3 Å². The molecule has 0 bridgehead atoms. The topological polar surface area (TPSA) is 77.5 Å². The first-order valence-corrected chi connectivity index (χ1v) is 9.49. The van der Waals surface area contributed by atoms with Gasteiger partial charge in [0.15, 0.2) is 6.61 Å². The predicted octanol–water partition coefficient (Wildman–Crippen LogP) is 3.10. The van der Waals surface area contributed by atoms with Crippen LogP contribution in [-0.2, 0) is 16.1 Å². The summed E-state index contributed by atoms with van der Waals surface area (Å²) in [6, 6.07) is 6.78. The smallest absolute Gasteiger partial charge is 0.338 e. The number of carbonyl (C=O) groups excluding carboxylic acids is 2. The van der Waals surface area contributed by atoms with Gasteiger partial charge < -0.3 is 14.8 Å². The zero-order valence-corrected chi connectivity index (χ0v) is 15.7. The van der Waals surface area contributed by atoms with Crippen LogP contribution in [0, 0.1) is 12.8 Å². The zero-order valence-electron chi connectivity index (χ0n) is 14.9. The minimum absolute atomic E-state index is 0.138. The zero-order chi connectivity index (χ0) is 18.5. The van der Waals surface area contributed by atoms with E-state index in [0.717, 1.165) is 23.5 Å². The number of esters is 1. The number of thiazole rings is 1. The molecule has 3 rings (SSSR count). The Hall–Kier alpha value is -2.41. The van der Waals surface area contributed by atoms with E-state index in [4.69, 9.17) is 9.47 Å². The van der Waals surface area contributed by atoms with Crippen molar-refractivity contribution in [3.63, 3.8) is 0 Å². The Morgan fingerprint density at radius 3 is 2.65 bits per heavy atom. The number of nitrogens with one attached hydrogen (secondary N) is 1. The van der Waals surface area contributed by atoms with E-state index in [9.17, 15) is 9.59 Å². The summed E-state index contributed by atoms with van der Waals surface area (Å²) in [5, 5.41) is 5.80. The molecule has 0 aliphatic heterocycles. The Labute approximate surface area is 156 Å². The fourth-order valence-corrected chi connectivity index (χ4v) is 3.14. The molecule has 0 spiro atoms. The van der Waals surface area contributed by atoms with Gasteiger partial charge in [-0.25, -0.2) is 9.78 Å². The Bertz CT molecular complexity index is 768. The van der Waals surface area contributed by atoms with E-state index in [-0.39, 0.29) is 18.6 Å². The van der Waals surface area contributed by atoms with Gasteiger partial charge in [-0.1, -0.05) is 0 Å². The summed E-state index contributed by atoms with van der Waals surface area (Å²) < 4.78 is 10.7. The number of amides is 1. The van der Waals surface area contributed by atoms with E-state index in [1.54, 1.807) is 35.6 Å². The summed E-state index contributed by atoms with van der Waals surface area (Å²) in [4.78, 5) is 28.1. The maximum Gasteiger partial charge on any atom is 0.338 e. The van der Waals surface area contributed by atoms with Crippen LogP contribution in [0.2, 0.25) is 0 Å². The quantitative estimate of drug-likeness (QED) is 0.719. The number of hydrogen-bond donors (Lipinski definition) is 1. The van der Waals surface area contributed by atoms with Crippen molar-refractivity contribution >= 4 is 23.2 Å². The standard InChI is InChI=1S/C19H22N2O4S/c1-12(14-3-4-14)20-18(22)10-25-19(23)15-5-7-17(8-6-15)24-9-16-11-26-13(2)21-16/h5-8,11-12,14H,3-4,9-10H2,1-2H3,(H,20,22). The Balaban J connectivity index is 1.43. The number of nitrogens with zero attached hydrogens (tertiary/aromatic N) is 1. The number of benzene rings is 1. The number of carbonyl (C=O) groups is 2. The lowest BCUT2D eigenvalue weighted by atomic mass is 10.2. The van der Waals surface area contributed by atoms with Gasteiger partial charge in [0.2, 0.25) is 0 Å². The molecular weight excluding hydrogens is 352 g/mol. The van der Waals surface area contributed by atoms with Crippen molar-refractivity contribution in [1.29, 1.82) is 0 Å². The van der Waals surface area contributed by atoms with Crippen molar-refractivity contribution in [3.8, 4) is 5.75 Å². The lowest BCUT2D eigenvalue weighted by Crippen LogP contribution is -2.37. The van der Waals surface area contributed by atoms with Gasteiger partial charge in [-0.2, -0.15) is 0 Å². The second-order valence-electron chi connectivity index (χ2n) is 6.44. The van der Waals surface area contributed by atoms with E-state index in [0.29, 0.717) is 23.8 Å². The highest BCUT2D eigenvalue weighted by Gasteiger charge is 2.29. The lowest BCUT2D eigenvalue weighted by molar-refractivity contribution is -0.124. The molecule has 1 heterocycles. The molecule has 1 unspecified atom stereocenters. The first-order chi connectivity index (χ1) is 12.5. The van der Waals surface area contributed by atoms with Gasteiger partial charge in [-0.15, -0.1) is 11.3 Å².